The molecule has 7 heteroatoms. The first-order chi connectivity index (χ1) is 9.36. The molecule has 7 nitrogen and oxygen atoms in total. The third kappa shape index (κ3) is 4.04. The normalized spacial score (nSPS) is 16.4. The number of carbonyl (C=O) groups excluding carboxylic acids is 3. The highest BCUT2D eigenvalue weighted by Gasteiger charge is 2.29. The van der Waals surface area contributed by atoms with Gasteiger partial charge in [-0.25, -0.2) is 0 Å². The molecule has 20 heavy (non-hydrogen) atoms. The highest BCUT2D eigenvalue weighted by Crippen LogP contribution is 2.12. The van der Waals surface area contributed by atoms with Gasteiger partial charge in [-0.1, -0.05) is 6.92 Å². The minimum Gasteiger partial charge on any atom is -0.481 e. The molecule has 0 radical (unpaired) electrons. The summed E-state index contributed by atoms with van der Waals surface area (Å²) in [5, 5.41) is 8.84. The van der Waals surface area contributed by atoms with Crippen molar-refractivity contribution >= 4 is 23.7 Å². The predicted octanol–water partition coefficient (Wildman–Crippen LogP) is 0.0947. The SMILES string of the molecule is CCN(CC(C)C(=O)O)C(=O)CCN1C(=O)CCC1=O. The van der Waals surface area contributed by atoms with E-state index in [1.54, 1.807) is 6.92 Å². The van der Waals surface area contributed by atoms with Crippen LogP contribution in [0.15, 0.2) is 0 Å². The molecule has 1 aliphatic rings. The van der Waals surface area contributed by atoms with Crippen molar-refractivity contribution in [1.29, 1.82) is 0 Å². The second kappa shape index (κ2) is 7.02. The van der Waals surface area contributed by atoms with Gasteiger partial charge in [0.15, 0.2) is 0 Å². The number of carboxylic acids is 1. The van der Waals surface area contributed by atoms with Crippen molar-refractivity contribution in [3.05, 3.63) is 0 Å². The van der Waals surface area contributed by atoms with Gasteiger partial charge < -0.3 is 10.0 Å². The Labute approximate surface area is 117 Å². The smallest absolute Gasteiger partial charge is 0.308 e. The van der Waals surface area contributed by atoms with Gasteiger partial charge in [-0.2, -0.15) is 0 Å². The lowest BCUT2D eigenvalue weighted by molar-refractivity contribution is -0.143. The molecule has 0 bridgehead atoms. The fraction of sp³-hybridized carbons (Fsp3) is 0.692. The van der Waals surface area contributed by atoms with Crippen molar-refractivity contribution in [1.82, 2.24) is 9.80 Å². The first-order valence-corrected chi connectivity index (χ1v) is 6.70. The van der Waals surface area contributed by atoms with Crippen molar-refractivity contribution < 1.29 is 24.3 Å². The van der Waals surface area contributed by atoms with E-state index in [-0.39, 0.29) is 50.1 Å². The molecule has 0 aliphatic carbocycles. The summed E-state index contributed by atoms with van der Waals surface area (Å²) in [5.41, 5.74) is 0. The fourth-order valence-electron chi connectivity index (χ4n) is 2.05. The molecule has 0 aromatic heterocycles. The van der Waals surface area contributed by atoms with Crippen LogP contribution in [-0.4, -0.2) is 58.2 Å². The van der Waals surface area contributed by atoms with Gasteiger partial charge in [0.1, 0.15) is 0 Å². The molecule has 3 amide bonds. The lowest BCUT2D eigenvalue weighted by atomic mass is 10.1. The molecule has 1 fully saturated rings. The summed E-state index contributed by atoms with van der Waals surface area (Å²) in [6, 6.07) is 0. The first kappa shape index (κ1) is 16.1. The molecule has 1 rings (SSSR count). The van der Waals surface area contributed by atoms with Crippen LogP contribution in [0.4, 0.5) is 0 Å². The van der Waals surface area contributed by atoms with Crippen LogP contribution >= 0.6 is 0 Å². The van der Waals surface area contributed by atoms with Crippen LogP contribution in [0, 0.1) is 5.92 Å². The zero-order valence-electron chi connectivity index (χ0n) is 11.8. The molecule has 0 spiro atoms. The standard InChI is InChI=1S/C13H20N2O5/c1-3-14(8-9(2)13(19)20)10(16)6-7-15-11(17)4-5-12(15)18/h9H,3-8H2,1-2H3,(H,19,20). The Morgan fingerprint density at radius 2 is 1.85 bits per heavy atom. The van der Waals surface area contributed by atoms with Crippen molar-refractivity contribution in [2.24, 2.45) is 5.92 Å². The van der Waals surface area contributed by atoms with E-state index < -0.39 is 11.9 Å². The van der Waals surface area contributed by atoms with Crippen molar-refractivity contribution in [3.63, 3.8) is 0 Å². The van der Waals surface area contributed by atoms with Gasteiger partial charge in [0.25, 0.3) is 0 Å². The molecule has 1 atom stereocenters. The molecule has 1 aliphatic heterocycles. The minimum absolute atomic E-state index is 0.0393. The van der Waals surface area contributed by atoms with Gasteiger partial charge in [-0.3, -0.25) is 24.1 Å². The Morgan fingerprint density at radius 3 is 2.30 bits per heavy atom. The largest absolute Gasteiger partial charge is 0.481 e. The molecule has 1 unspecified atom stereocenters. The van der Waals surface area contributed by atoms with E-state index in [1.165, 1.54) is 11.8 Å². The molecule has 0 saturated carbocycles. The maximum absolute atomic E-state index is 12.0. The average Bonchev–Trinajstić information content (AvgIpc) is 2.72. The van der Waals surface area contributed by atoms with Crippen molar-refractivity contribution in [2.75, 3.05) is 19.6 Å². The van der Waals surface area contributed by atoms with Crippen molar-refractivity contribution in [2.45, 2.75) is 33.1 Å². The van der Waals surface area contributed by atoms with Crippen molar-refractivity contribution in [3.8, 4) is 0 Å². The van der Waals surface area contributed by atoms with Crippen LogP contribution in [0.2, 0.25) is 0 Å². The molecule has 0 aromatic rings. The second-order valence-electron chi connectivity index (χ2n) is 4.86. The Morgan fingerprint density at radius 1 is 1.30 bits per heavy atom. The van der Waals surface area contributed by atoms with E-state index >= 15 is 0 Å². The Balaban J connectivity index is 2.49. The number of carboxylic acid groups (broad SMARTS) is 1. The number of imide groups is 1. The van der Waals surface area contributed by atoms with Gasteiger partial charge in [0.05, 0.1) is 5.92 Å². The lowest BCUT2D eigenvalue weighted by Gasteiger charge is -2.24. The highest BCUT2D eigenvalue weighted by atomic mass is 16.4. The Hall–Kier alpha value is -1.92. The van der Waals surface area contributed by atoms with E-state index in [1.807, 2.05) is 0 Å². The summed E-state index contributed by atoms with van der Waals surface area (Å²) in [7, 11) is 0. The number of hydrogen-bond donors (Lipinski definition) is 1. The van der Waals surface area contributed by atoms with Crippen LogP contribution in [-0.2, 0) is 19.2 Å². The third-order valence-electron chi connectivity index (χ3n) is 3.35. The predicted molar refractivity (Wildman–Crippen MR) is 69.6 cm³/mol. The molecule has 1 N–H and O–H groups in total. The summed E-state index contributed by atoms with van der Waals surface area (Å²) in [6.07, 6.45) is 0.457. The summed E-state index contributed by atoms with van der Waals surface area (Å²) >= 11 is 0. The topological polar surface area (TPSA) is 95.0 Å². The minimum atomic E-state index is -0.957. The molecule has 0 aromatic carbocycles. The molecular weight excluding hydrogens is 264 g/mol. The Bertz CT molecular complexity index is 405. The van der Waals surface area contributed by atoms with Gasteiger partial charge in [0, 0.05) is 38.9 Å². The monoisotopic (exact) mass is 284 g/mol. The number of nitrogens with zero attached hydrogens (tertiary/aromatic N) is 2. The number of aliphatic carboxylic acids is 1. The van der Waals surface area contributed by atoms with E-state index in [2.05, 4.69) is 0 Å². The summed E-state index contributed by atoms with van der Waals surface area (Å²) in [5.74, 6) is -2.34. The van der Waals surface area contributed by atoms with E-state index in [9.17, 15) is 19.2 Å². The molecule has 1 heterocycles. The first-order valence-electron chi connectivity index (χ1n) is 6.70. The highest BCUT2D eigenvalue weighted by molar-refractivity contribution is 6.02. The number of rotatable bonds is 7. The summed E-state index contributed by atoms with van der Waals surface area (Å²) < 4.78 is 0. The fourth-order valence-corrected chi connectivity index (χ4v) is 2.05. The number of hydrogen-bond acceptors (Lipinski definition) is 4. The third-order valence-corrected chi connectivity index (χ3v) is 3.35. The summed E-state index contributed by atoms with van der Waals surface area (Å²) in [6.45, 7) is 3.91. The molecular formula is C13H20N2O5. The van der Waals surface area contributed by atoms with Gasteiger partial charge in [0.2, 0.25) is 17.7 Å². The van der Waals surface area contributed by atoms with Crippen LogP contribution < -0.4 is 0 Å². The van der Waals surface area contributed by atoms with Crippen LogP contribution in [0.3, 0.4) is 0 Å². The molecule has 112 valence electrons. The number of amides is 3. The maximum atomic E-state index is 12.0. The van der Waals surface area contributed by atoms with Gasteiger partial charge in [-0.05, 0) is 6.92 Å². The molecule has 1 saturated heterocycles. The van der Waals surface area contributed by atoms with Crippen LogP contribution in [0.25, 0.3) is 0 Å². The van der Waals surface area contributed by atoms with E-state index in [0.717, 1.165) is 4.90 Å². The van der Waals surface area contributed by atoms with Crippen LogP contribution in [0.5, 0.6) is 0 Å². The zero-order valence-corrected chi connectivity index (χ0v) is 11.8. The Kier molecular flexibility index (Phi) is 5.66. The van der Waals surface area contributed by atoms with Gasteiger partial charge >= 0.3 is 5.97 Å². The van der Waals surface area contributed by atoms with E-state index in [4.69, 9.17) is 5.11 Å². The van der Waals surface area contributed by atoms with Crippen LogP contribution in [0.1, 0.15) is 33.1 Å². The lowest BCUT2D eigenvalue weighted by Crippen LogP contribution is -2.39. The number of carbonyl (C=O) groups is 4. The average molecular weight is 284 g/mol. The van der Waals surface area contributed by atoms with E-state index in [0.29, 0.717) is 6.54 Å². The quantitative estimate of drug-likeness (QED) is 0.669. The maximum Gasteiger partial charge on any atom is 0.308 e. The second-order valence-corrected chi connectivity index (χ2v) is 4.86. The zero-order chi connectivity index (χ0) is 15.3. The number of likely N-dealkylation sites (tertiary alicyclic amines) is 1. The summed E-state index contributed by atoms with van der Waals surface area (Å²) in [4.78, 5) is 48.1. The van der Waals surface area contributed by atoms with Gasteiger partial charge in [-0.15, -0.1) is 0 Å².